The summed E-state index contributed by atoms with van der Waals surface area (Å²) in [4.78, 5) is 5.28. The summed E-state index contributed by atoms with van der Waals surface area (Å²) < 4.78 is 0. The first-order valence-electron chi connectivity index (χ1n) is 12.1. The highest BCUT2D eigenvalue weighted by Crippen LogP contribution is 2.59. The number of nitrogens with zero attached hydrogens (tertiary/aromatic N) is 2. The van der Waals surface area contributed by atoms with Gasteiger partial charge in [0.2, 0.25) is 0 Å². The molecule has 4 aliphatic heterocycles. The van der Waals surface area contributed by atoms with Gasteiger partial charge in [-0.25, -0.2) is 0 Å². The maximum Gasteiger partial charge on any atom is 0.103 e. The van der Waals surface area contributed by atoms with Crippen LogP contribution in [0, 0.1) is 11.3 Å². The molecule has 2 N–H and O–H groups in total. The Hall–Kier alpha value is -1.10. The Balaban J connectivity index is 1.60. The summed E-state index contributed by atoms with van der Waals surface area (Å²) in [6.45, 7) is 4.32. The van der Waals surface area contributed by atoms with E-state index in [1.54, 1.807) is 0 Å². The van der Waals surface area contributed by atoms with E-state index in [-0.39, 0.29) is 17.4 Å². The number of allylic oxidation sites excluding steroid dienone is 4. The average Bonchev–Trinajstić information content (AvgIpc) is 2.96. The van der Waals surface area contributed by atoms with E-state index in [2.05, 4.69) is 34.1 Å². The zero-order valence-corrected chi connectivity index (χ0v) is 17.8. The predicted molar refractivity (Wildman–Crippen MR) is 117 cm³/mol. The molecule has 0 aromatic carbocycles. The zero-order chi connectivity index (χ0) is 19.9. The van der Waals surface area contributed by atoms with Crippen LogP contribution in [0.15, 0.2) is 36.1 Å². The maximum absolute atomic E-state index is 12.1. The van der Waals surface area contributed by atoms with Gasteiger partial charge in [0, 0.05) is 23.9 Å². The van der Waals surface area contributed by atoms with Crippen LogP contribution in [0.1, 0.15) is 64.2 Å². The quantitative estimate of drug-likeness (QED) is 0.601. The van der Waals surface area contributed by atoms with Crippen LogP contribution in [0.2, 0.25) is 0 Å². The van der Waals surface area contributed by atoms with Crippen LogP contribution >= 0.6 is 0 Å². The summed E-state index contributed by atoms with van der Waals surface area (Å²) in [6, 6.07) is 0.512. The fraction of sp³-hybridized carbons (Fsp3) is 0.760. The molecule has 4 heterocycles. The van der Waals surface area contributed by atoms with E-state index in [4.69, 9.17) is 0 Å². The molecule has 2 fully saturated rings. The van der Waals surface area contributed by atoms with E-state index in [0.29, 0.717) is 18.2 Å². The lowest BCUT2D eigenvalue weighted by Gasteiger charge is -2.57. The van der Waals surface area contributed by atoms with Gasteiger partial charge < -0.3 is 15.1 Å². The highest BCUT2D eigenvalue weighted by Gasteiger charge is 2.65. The van der Waals surface area contributed by atoms with Gasteiger partial charge >= 0.3 is 0 Å². The molecule has 5 aliphatic rings. The third-order valence-electron chi connectivity index (χ3n) is 8.43. The van der Waals surface area contributed by atoms with Crippen molar-refractivity contribution < 1.29 is 10.2 Å². The van der Waals surface area contributed by atoms with Crippen molar-refractivity contribution in [2.45, 2.75) is 81.9 Å². The van der Waals surface area contributed by atoms with Gasteiger partial charge in [-0.1, -0.05) is 24.3 Å². The molecular formula is C25H38N2O2. The van der Waals surface area contributed by atoms with Crippen molar-refractivity contribution in [3.63, 3.8) is 0 Å². The van der Waals surface area contributed by atoms with Crippen molar-refractivity contribution >= 4 is 0 Å². The number of piperidine rings is 1. The Labute approximate surface area is 176 Å². The average molecular weight is 399 g/mol. The summed E-state index contributed by atoms with van der Waals surface area (Å²) in [7, 11) is 0. The monoisotopic (exact) mass is 398 g/mol. The van der Waals surface area contributed by atoms with E-state index >= 15 is 0 Å². The number of hydrogen-bond acceptors (Lipinski definition) is 4. The van der Waals surface area contributed by atoms with Gasteiger partial charge in [0.1, 0.15) is 5.60 Å². The van der Waals surface area contributed by atoms with E-state index in [0.717, 1.165) is 51.9 Å². The van der Waals surface area contributed by atoms with E-state index in [1.165, 1.54) is 32.1 Å². The Bertz CT molecular complexity index is 701. The molecule has 0 amide bonds. The molecule has 29 heavy (non-hydrogen) atoms. The maximum atomic E-state index is 12.1. The van der Waals surface area contributed by atoms with Crippen LogP contribution in [0.5, 0.6) is 0 Å². The first-order valence-corrected chi connectivity index (χ1v) is 12.1. The van der Waals surface area contributed by atoms with Crippen molar-refractivity contribution in [2.24, 2.45) is 11.3 Å². The van der Waals surface area contributed by atoms with E-state index in [1.807, 2.05) is 6.08 Å². The number of fused-ring (bicyclic) bond motifs is 2. The van der Waals surface area contributed by atoms with Gasteiger partial charge in [-0.15, -0.1) is 0 Å². The molecule has 4 nitrogen and oxygen atoms in total. The largest absolute Gasteiger partial charge is 0.512 e. The molecule has 4 heteroatoms. The topological polar surface area (TPSA) is 46.9 Å². The van der Waals surface area contributed by atoms with Crippen molar-refractivity contribution in [1.82, 2.24) is 9.80 Å². The fourth-order valence-corrected chi connectivity index (χ4v) is 7.32. The van der Waals surface area contributed by atoms with Gasteiger partial charge in [-0.05, 0) is 89.9 Å². The zero-order valence-electron chi connectivity index (χ0n) is 17.8. The molecule has 1 aliphatic carbocycles. The van der Waals surface area contributed by atoms with Gasteiger partial charge in [0.25, 0.3) is 0 Å². The second kappa shape index (κ2) is 7.86. The van der Waals surface area contributed by atoms with Crippen molar-refractivity contribution in [3.8, 4) is 0 Å². The smallest absolute Gasteiger partial charge is 0.103 e. The van der Waals surface area contributed by atoms with Gasteiger partial charge in [-0.2, -0.15) is 0 Å². The van der Waals surface area contributed by atoms with Gasteiger partial charge in [0.15, 0.2) is 0 Å². The van der Waals surface area contributed by atoms with E-state index in [9.17, 15) is 10.2 Å². The summed E-state index contributed by atoms with van der Waals surface area (Å²) >= 11 is 0. The summed E-state index contributed by atoms with van der Waals surface area (Å²) in [5.74, 6) is 0.674. The third kappa shape index (κ3) is 3.41. The Morgan fingerprint density at radius 1 is 0.931 bits per heavy atom. The molecule has 0 aromatic rings. The van der Waals surface area contributed by atoms with Crippen LogP contribution < -0.4 is 0 Å². The van der Waals surface area contributed by atoms with Gasteiger partial charge in [-0.3, -0.25) is 4.90 Å². The lowest BCUT2D eigenvalue weighted by molar-refractivity contribution is -0.106. The number of hydrogen-bond donors (Lipinski definition) is 2. The van der Waals surface area contributed by atoms with Crippen molar-refractivity contribution in [1.29, 1.82) is 0 Å². The van der Waals surface area contributed by atoms with Gasteiger partial charge in [0.05, 0.1) is 11.8 Å². The normalized spacial score (nSPS) is 48.0. The third-order valence-corrected chi connectivity index (χ3v) is 8.43. The summed E-state index contributed by atoms with van der Waals surface area (Å²) in [6.07, 6.45) is 22.1. The van der Waals surface area contributed by atoms with Crippen LogP contribution in [0.25, 0.3) is 0 Å². The second-order valence-corrected chi connectivity index (χ2v) is 10.3. The SMILES string of the molecule is OC1=C[C@@]2(O)CC/C=C/CCCCN3CC[C@@H]1[C@]1(C[C@@H]4/C=C\CCCCN4[C@H]12)C3. The molecule has 0 aromatic heterocycles. The Kier molecular flexibility index (Phi) is 5.38. The van der Waals surface area contributed by atoms with Crippen LogP contribution in [0.4, 0.5) is 0 Å². The molecule has 6 atom stereocenters. The molecule has 1 unspecified atom stereocenters. The second-order valence-electron chi connectivity index (χ2n) is 10.3. The predicted octanol–water partition coefficient (Wildman–Crippen LogP) is 4.18. The highest BCUT2D eigenvalue weighted by atomic mass is 16.3. The molecule has 1 spiro atoms. The van der Waals surface area contributed by atoms with Crippen LogP contribution in [-0.2, 0) is 0 Å². The minimum absolute atomic E-state index is 0.0387. The van der Waals surface area contributed by atoms with Crippen LogP contribution in [-0.4, -0.2) is 63.9 Å². The highest BCUT2D eigenvalue weighted by molar-refractivity contribution is 5.31. The minimum Gasteiger partial charge on any atom is -0.512 e. The molecular weight excluding hydrogens is 360 g/mol. The first kappa shape index (κ1) is 19.8. The van der Waals surface area contributed by atoms with Crippen molar-refractivity contribution in [3.05, 3.63) is 36.1 Å². The number of aliphatic hydroxyl groups is 2. The standard InChI is InChI=1S/C25H38N2O2/c28-22-18-25(29)13-8-4-1-2-5-9-14-26-16-12-21(22)24(19-26)17-20-11-7-3-6-10-15-27(20)23(24)25/h1,4,7,11,18,20-21,23,28-29H,2-3,5-6,8-10,12-17,19H2/b4-1+,11-7-/t20-,21-,23+,24-,25-/m0/s1. The summed E-state index contributed by atoms with van der Waals surface area (Å²) in [5, 5.41) is 23.2. The molecule has 2 saturated heterocycles. The van der Waals surface area contributed by atoms with E-state index < -0.39 is 5.60 Å². The number of aliphatic hydroxyl groups excluding tert-OH is 1. The minimum atomic E-state index is -0.941. The van der Waals surface area contributed by atoms with Crippen molar-refractivity contribution in [2.75, 3.05) is 26.2 Å². The molecule has 160 valence electrons. The van der Waals surface area contributed by atoms with Crippen LogP contribution in [0.3, 0.4) is 0 Å². The Morgan fingerprint density at radius 3 is 2.62 bits per heavy atom. The lowest BCUT2D eigenvalue weighted by atomic mass is 9.57. The molecule has 0 saturated carbocycles. The molecule has 3 bridgehead atoms. The fourth-order valence-electron chi connectivity index (χ4n) is 7.32. The lowest BCUT2D eigenvalue weighted by Crippen LogP contribution is -2.65. The first-order chi connectivity index (χ1) is 14.1. The molecule has 0 radical (unpaired) electrons. The summed E-state index contributed by atoms with van der Waals surface area (Å²) in [5.41, 5.74) is -0.979. The Morgan fingerprint density at radius 2 is 1.72 bits per heavy atom. The number of rotatable bonds is 0. The molecule has 5 rings (SSSR count).